The fraction of sp³-hybridized carbons (Fsp3) is 0.500. The third-order valence-corrected chi connectivity index (χ3v) is 6.13. The van der Waals surface area contributed by atoms with Crippen molar-refractivity contribution in [1.82, 2.24) is 10.3 Å². The van der Waals surface area contributed by atoms with E-state index in [1.807, 2.05) is 18.3 Å². The second-order valence-corrected chi connectivity index (χ2v) is 8.68. The number of hydrogen-bond donors (Lipinski definition) is 1. The van der Waals surface area contributed by atoms with Crippen molar-refractivity contribution >= 4 is 5.69 Å². The van der Waals surface area contributed by atoms with Gasteiger partial charge in [-0.3, -0.25) is 5.32 Å². The van der Waals surface area contributed by atoms with Crippen LogP contribution in [0, 0.1) is 0 Å². The Morgan fingerprint density at radius 3 is 2.70 bits per heavy atom. The summed E-state index contributed by atoms with van der Waals surface area (Å²) in [5, 5.41) is 3.50. The van der Waals surface area contributed by atoms with Crippen LogP contribution in [0.15, 0.2) is 36.5 Å². The molecule has 0 bridgehead atoms. The lowest BCUT2D eigenvalue weighted by Crippen LogP contribution is -2.34. The van der Waals surface area contributed by atoms with Crippen LogP contribution in [0.25, 0.3) is 0 Å². The van der Waals surface area contributed by atoms with E-state index in [9.17, 15) is 0 Å². The average Bonchev–Trinajstić information content (AvgIpc) is 3.37. The van der Waals surface area contributed by atoms with E-state index < -0.39 is 0 Å². The second kappa shape index (κ2) is 6.21. The predicted octanol–water partition coefficient (Wildman–Crippen LogP) is 4.32. The first kappa shape index (κ1) is 17.0. The molecule has 142 valence electrons. The van der Waals surface area contributed by atoms with Crippen molar-refractivity contribution in [2.75, 3.05) is 18.1 Å². The molecule has 1 aromatic heterocycles. The normalized spacial score (nSPS) is 22.4. The Hall–Kier alpha value is -2.11. The van der Waals surface area contributed by atoms with Gasteiger partial charge in [0.2, 0.25) is 5.88 Å². The monoisotopic (exact) mass is 365 g/mol. The molecule has 5 rings (SSSR count). The zero-order chi connectivity index (χ0) is 18.5. The maximum Gasteiger partial charge on any atom is 0.219 e. The van der Waals surface area contributed by atoms with Crippen molar-refractivity contribution in [2.24, 2.45) is 0 Å². The number of anilines is 1. The Bertz CT molecular complexity index is 841. The molecule has 1 N–H and O–H groups in total. The molecule has 1 aliphatic carbocycles. The van der Waals surface area contributed by atoms with Gasteiger partial charge in [0.25, 0.3) is 0 Å². The molecule has 3 heterocycles. The maximum atomic E-state index is 6.18. The van der Waals surface area contributed by atoms with Gasteiger partial charge in [0.1, 0.15) is 5.75 Å². The Morgan fingerprint density at radius 1 is 1.15 bits per heavy atom. The van der Waals surface area contributed by atoms with E-state index in [1.54, 1.807) is 0 Å². The van der Waals surface area contributed by atoms with Crippen molar-refractivity contribution in [1.29, 1.82) is 0 Å². The van der Waals surface area contributed by atoms with E-state index in [0.717, 1.165) is 44.1 Å². The van der Waals surface area contributed by atoms with Crippen LogP contribution in [0.4, 0.5) is 5.69 Å². The number of nitrogens with zero attached hydrogens (tertiary/aromatic N) is 2. The summed E-state index contributed by atoms with van der Waals surface area (Å²) in [6.45, 7) is 6.98. The molecule has 27 heavy (non-hydrogen) atoms. The molecule has 5 heteroatoms. The fourth-order valence-electron chi connectivity index (χ4n) is 4.64. The fourth-order valence-corrected chi connectivity index (χ4v) is 4.64. The van der Waals surface area contributed by atoms with Crippen LogP contribution >= 0.6 is 0 Å². The van der Waals surface area contributed by atoms with Crippen LogP contribution in [-0.4, -0.2) is 23.7 Å². The van der Waals surface area contributed by atoms with Crippen molar-refractivity contribution in [2.45, 2.75) is 57.3 Å². The number of aromatic nitrogens is 1. The third kappa shape index (κ3) is 3.09. The number of ether oxygens (including phenoxy) is 2. The van der Waals surface area contributed by atoms with E-state index >= 15 is 0 Å². The Balaban J connectivity index is 1.33. The van der Waals surface area contributed by atoms with Crippen LogP contribution < -0.4 is 15.0 Å². The van der Waals surface area contributed by atoms with E-state index in [0.29, 0.717) is 5.88 Å². The van der Waals surface area contributed by atoms with Gasteiger partial charge in [-0.15, -0.1) is 0 Å². The van der Waals surface area contributed by atoms with Gasteiger partial charge in [-0.25, -0.2) is 4.98 Å². The van der Waals surface area contributed by atoms with E-state index in [1.165, 1.54) is 24.0 Å². The molecule has 1 saturated heterocycles. The summed E-state index contributed by atoms with van der Waals surface area (Å²) in [7, 11) is 0. The molecule has 0 atom stereocenters. The van der Waals surface area contributed by atoms with E-state index in [-0.39, 0.29) is 11.1 Å². The molecule has 1 spiro atoms. The van der Waals surface area contributed by atoms with Crippen molar-refractivity contribution < 1.29 is 9.47 Å². The minimum Gasteiger partial charge on any atom is -0.439 e. The second-order valence-electron chi connectivity index (χ2n) is 8.68. The molecular weight excluding hydrogens is 338 g/mol. The minimum absolute atomic E-state index is 0.0679. The molecule has 1 aromatic carbocycles. The molecule has 1 saturated carbocycles. The highest BCUT2D eigenvalue weighted by molar-refractivity contribution is 5.48. The third-order valence-electron chi connectivity index (χ3n) is 6.13. The quantitative estimate of drug-likeness (QED) is 0.878. The van der Waals surface area contributed by atoms with Crippen LogP contribution in [0.3, 0.4) is 0 Å². The molecule has 2 aromatic rings. The van der Waals surface area contributed by atoms with Crippen molar-refractivity contribution in [3.05, 3.63) is 47.7 Å². The van der Waals surface area contributed by atoms with E-state index in [2.05, 4.69) is 47.2 Å². The number of pyridine rings is 1. The topological polar surface area (TPSA) is 46.6 Å². The van der Waals surface area contributed by atoms with Gasteiger partial charge in [0.15, 0.2) is 0 Å². The van der Waals surface area contributed by atoms with Gasteiger partial charge >= 0.3 is 0 Å². The minimum atomic E-state index is -0.0679. The van der Waals surface area contributed by atoms with Gasteiger partial charge in [-0.1, -0.05) is 18.9 Å². The lowest BCUT2D eigenvalue weighted by atomic mass is 9.91. The number of fused-ring (bicyclic) bond motifs is 2. The zero-order valence-electron chi connectivity index (χ0n) is 16.1. The first-order valence-corrected chi connectivity index (χ1v) is 9.94. The largest absolute Gasteiger partial charge is 0.439 e. The van der Waals surface area contributed by atoms with Gasteiger partial charge in [-0.05, 0) is 56.0 Å². The molecule has 2 aliphatic heterocycles. The van der Waals surface area contributed by atoms with Crippen LogP contribution in [0.5, 0.6) is 11.6 Å². The molecule has 0 radical (unpaired) electrons. The summed E-state index contributed by atoms with van der Waals surface area (Å²) in [6, 6.07) is 10.4. The predicted molar refractivity (Wildman–Crippen MR) is 105 cm³/mol. The first-order chi connectivity index (χ1) is 13.0. The van der Waals surface area contributed by atoms with E-state index in [4.69, 9.17) is 9.47 Å². The van der Waals surface area contributed by atoms with Gasteiger partial charge in [0, 0.05) is 18.2 Å². The highest BCUT2D eigenvalue weighted by Gasteiger charge is 2.42. The van der Waals surface area contributed by atoms with Crippen molar-refractivity contribution in [3.8, 4) is 11.6 Å². The molecule has 0 amide bonds. The number of benzene rings is 1. The summed E-state index contributed by atoms with van der Waals surface area (Å²) < 4.78 is 12.2. The zero-order valence-corrected chi connectivity index (χ0v) is 16.1. The number of hydrogen-bond acceptors (Lipinski definition) is 5. The van der Waals surface area contributed by atoms with Crippen LogP contribution in [0.2, 0.25) is 0 Å². The van der Waals surface area contributed by atoms with Crippen molar-refractivity contribution in [3.63, 3.8) is 0 Å². The molecule has 2 fully saturated rings. The summed E-state index contributed by atoms with van der Waals surface area (Å²) >= 11 is 0. The highest BCUT2D eigenvalue weighted by atomic mass is 16.5. The summed E-state index contributed by atoms with van der Waals surface area (Å²) in [5.74, 6) is 1.47. The first-order valence-electron chi connectivity index (χ1n) is 9.94. The Kier molecular flexibility index (Phi) is 3.92. The maximum absolute atomic E-state index is 6.18. The van der Waals surface area contributed by atoms with Crippen LogP contribution in [-0.2, 0) is 16.9 Å². The Labute approximate surface area is 160 Å². The number of nitrogens with one attached hydrogen (secondary N) is 1. The molecule has 5 nitrogen and oxygen atoms in total. The molecule has 3 aliphatic rings. The lowest BCUT2D eigenvalue weighted by Gasteiger charge is -2.23. The SMILES string of the molecule is CC1(C)CN(c2ccc(Oc3ccc4c(c3)C3(CCCC3)OC4)nc2)CN1. The van der Waals surface area contributed by atoms with Crippen LogP contribution in [0.1, 0.15) is 50.7 Å². The average molecular weight is 365 g/mol. The Morgan fingerprint density at radius 2 is 2.00 bits per heavy atom. The summed E-state index contributed by atoms with van der Waals surface area (Å²) in [6.07, 6.45) is 6.63. The van der Waals surface area contributed by atoms with Gasteiger partial charge in [-0.2, -0.15) is 0 Å². The summed E-state index contributed by atoms with van der Waals surface area (Å²) in [5.41, 5.74) is 3.81. The number of rotatable bonds is 3. The van der Waals surface area contributed by atoms with Gasteiger partial charge < -0.3 is 14.4 Å². The molecule has 0 unspecified atom stereocenters. The van der Waals surface area contributed by atoms with Gasteiger partial charge in [0.05, 0.1) is 30.8 Å². The summed E-state index contributed by atoms with van der Waals surface area (Å²) in [4.78, 5) is 6.82. The molecular formula is C22H27N3O2. The lowest BCUT2D eigenvalue weighted by molar-refractivity contribution is -0.0325. The standard InChI is InChI=1S/C22H27N3O2/c1-21(2)14-25(15-24-21)17-6-8-20(23-12-17)27-18-7-5-16-13-26-22(19(16)11-18)9-3-4-10-22/h5-8,11-12,24H,3-4,9-10,13-15H2,1-2H3. The smallest absolute Gasteiger partial charge is 0.219 e. The highest BCUT2D eigenvalue weighted by Crippen LogP contribution is 2.49.